The lowest BCUT2D eigenvalue weighted by Gasteiger charge is -2.37. The Balaban J connectivity index is 2.39. The Hall–Kier alpha value is -2.25. The third-order valence-electron chi connectivity index (χ3n) is 5.96. The number of aliphatic hydroxyl groups excluding tert-OH is 1. The predicted molar refractivity (Wildman–Crippen MR) is 115 cm³/mol. The van der Waals surface area contributed by atoms with Crippen molar-refractivity contribution in [1.82, 2.24) is 14.7 Å². The molecular formula is C23H35F2N3O3. The van der Waals surface area contributed by atoms with Crippen LogP contribution in [0.15, 0.2) is 18.5 Å². The first-order valence-corrected chi connectivity index (χ1v) is 10.7. The summed E-state index contributed by atoms with van der Waals surface area (Å²) in [6.45, 7) is 12.5. The Kier molecular flexibility index (Phi) is 7.33. The van der Waals surface area contributed by atoms with Gasteiger partial charge in [0.2, 0.25) is 0 Å². The van der Waals surface area contributed by atoms with Crippen LogP contribution in [0, 0.1) is 10.8 Å². The summed E-state index contributed by atoms with van der Waals surface area (Å²) >= 11 is 0. The first-order chi connectivity index (χ1) is 14.2. The number of hydrogen-bond donors (Lipinski definition) is 1. The van der Waals surface area contributed by atoms with E-state index in [1.165, 1.54) is 11.1 Å². The number of aromatic nitrogens is 2. The highest BCUT2D eigenvalue weighted by Crippen LogP contribution is 2.44. The van der Waals surface area contributed by atoms with Crippen LogP contribution in [-0.2, 0) is 11.2 Å². The molecular weight excluding hydrogens is 404 g/mol. The number of halogens is 2. The van der Waals surface area contributed by atoms with Crippen molar-refractivity contribution in [2.45, 2.75) is 78.7 Å². The number of nitrogens with zero attached hydrogens (tertiary/aromatic N) is 3. The third kappa shape index (κ3) is 6.37. The summed E-state index contributed by atoms with van der Waals surface area (Å²) in [4.78, 5) is 25.8. The van der Waals surface area contributed by atoms with Crippen LogP contribution in [0.2, 0.25) is 0 Å². The second-order valence-electron chi connectivity index (χ2n) is 10.3. The molecule has 0 aromatic carbocycles. The molecule has 0 bridgehead atoms. The molecule has 1 aliphatic carbocycles. The van der Waals surface area contributed by atoms with Gasteiger partial charge in [0, 0.05) is 12.0 Å². The van der Waals surface area contributed by atoms with Crippen LogP contribution in [0.1, 0.15) is 82.4 Å². The number of amides is 1. The number of hydrogen-bond acceptors (Lipinski definition) is 4. The highest BCUT2D eigenvalue weighted by atomic mass is 19.3. The Morgan fingerprint density at radius 3 is 2.39 bits per heavy atom. The topological polar surface area (TPSA) is 75.4 Å². The van der Waals surface area contributed by atoms with E-state index in [2.05, 4.69) is 11.7 Å². The molecule has 1 heterocycles. The number of carbonyl (C=O) groups excluding carboxylic acids is 2. The number of alkyl halides is 2. The number of aliphatic hydroxyl groups is 1. The maximum absolute atomic E-state index is 14.1. The van der Waals surface area contributed by atoms with E-state index < -0.39 is 23.7 Å². The van der Waals surface area contributed by atoms with Gasteiger partial charge in [-0.2, -0.15) is 5.10 Å². The average molecular weight is 440 g/mol. The minimum Gasteiger partial charge on any atom is -0.512 e. The van der Waals surface area contributed by atoms with Gasteiger partial charge in [-0.05, 0) is 38.0 Å². The van der Waals surface area contributed by atoms with Gasteiger partial charge in [-0.25, -0.2) is 8.78 Å². The maximum atomic E-state index is 14.1. The van der Waals surface area contributed by atoms with Gasteiger partial charge in [0.1, 0.15) is 6.29 Å². The van der Waals surface area contributed by atoms with Crippen LogP contribution in [0.5, 0.6) is 0 Å². The molecule has 1 saturated carbocycles. The molecule has 0 radical (unpaired) electrons. The zero-order valence-electron chi connectivity index (χ0n) is 19.3. The van der Waals surface area contributed by atoms with Crippen LogP contribution < -0.4 is 0 Å². The molecule has 2 rings (SSSR count). The summed E-state index contributed by atoms with van der Waals surface area (Å²) in [5.74, 6) is -3.35. The first-order valence-electron chi connectivity index (χ1n) is 10.7. The Morgan fingerprint density at radius 2 is 1.94 bits per heavy atom. The van der Waals surface area contributed by atoms with E-state index in [0.29, 0.717) is 38.5 Å². The number of rotatable bonds is 8. The fraction of sp³-hybridized carbons (Fsp3) is 0.696. The van der Waals surface area contributed by atoms with Gasteiger partial charge in [-0.3, -0.25) is 9.48 Å². The molecule has 31 heavy (non-hydrogen) atoms. The molecule has 1 amide bonds. The van der Waals surface area contributed by atoms with E-state index in [4.69, 9.17) is 0 Å². The van der Waals surface area contributed by atoms with Crippen LogP contribution in [-0.4, -0.2) is 51.0 Å². The van der Waals surface area contributed by atoms with Crippen molar-refractivity contribution in [2.75, 3.05) is 13.1 Å². The normalized spacial score (nSPS) is 22.2. The maximum Gasteiger partial charge on any atom is 0.257 e. The summed E-state index contributed by atoms with van der Waals surface area (Å²) < 4.78 is 29.7. The van der Waals surface area contributed by atoms with Gasteiger partial charge >= 0.3 is 0 Å². The zero-order chi connectivity index (χ0) is 23.6. The molecule has 1 aliphatic rings. The van der Waals surface area contributed by atoms with E-state index in [-0.39, 0.29) is 35.0 Å². The average Bonchev–Trinajstić information content (AvgIpc) is 3.01. The van der Waals surface area contributed by atoms with Crippen molar-refractivity contribution < 1.29 is 23.5 Å². The van der Waals surface area contributed by atoms with E-state index >= 15 is 0 Å². The highest BCUT2D eigenvalue weighted by Gasteiger charge is 2.37. The quantitative estimate of drug-likeness (QED) is 0.459. The Labute approximate surface area is 183 Å². The van der Waals surface area contributed by atoms with Crippen molar-refractivity contribution in [3.05, 3.63) is 29.8 Å². The monoisotopic (exact) mass is 439 g/mol. The lowest BCUT2D eigenvalue weighted by Crippen LogP contribution is -2.39. The second-order valence-corrected chi connectivity index (χ2v) is 10.3. The highest BCUT2D eigenvalue weighted by molar-refractivity contribution is 5.96. The molecule has 1 aromatic heterocycles. The fourth-order valence-electron chi connectivity index (χ4n) is 4.18. The largest absolute Gasteiger partial charge is 0.512 e. The lowest BCUT2D eigenvalue weighted by atomic mass is 9.73. The van der Waals surface area contributed by atoms with Gasteiger partial charge in [-0.1, -0.05) is 34.3 Å². The van der Waals surface area contributed by atoms with Gasteiger partial charge < -0.3 is 14.8 Å². The molecule has 174 valence electrons. The SMILES string of the molecule is C=C(O)C1(C)CCC(n2ncc(C(=O)N(CC=O)CC(C)(C)C)c2CC(C)(F)F)CC1. The van der Waals surface area contributed by atoms with Crippen LogP contribution in [0.25, 0.3) is 0 Å². The summed E-state index contributed by atoms with van der Waals surface area (Å²) in [6.07, 6.45) is 3.95. The zero-order valence-corrected chi connectivity index (χ0v) is 19.3. The first kappa shape index (κ1) is 25.0. The molecule has 0 unspecified atom stereocenters. The summed E-state index contributed by atoms with van der Waals surface area (Å²) in [7, 11) is 0. The summed E-state index contributed by atoms with van der Waals surface area (Å²) in [6, 6.07) is -0.145. The summed E-state index contributed by atoms with van der Waals surface area (Å²) in [5.41, 5.74) is -0.347. The minimum atomic E-state index is -3.02. The van der Waals surface area contributed by atoms with Gasteiger partial charge in [-0.15, -0.1) is 0 Å². The molecule has 1 N–H and O–H groups in total. The molecule has 1 fully saturated rings. The van der Waals surface area contributed by atoms with Gasteiger partial charge in [0.25, 0.3) is 11.8 Å². The van der Waals surface area contributed by atoms with Crippen LogP contribution >= 0.6 is 0 Å². The van der Waals surface area contributed by atoms with Crippen molar-refractivity contribution in [3.63, 3.8) is 0 Å². The van der Waals surface area contributed by atoms with Gasteiger partial charge in [0.15, 0.2) is 0 Å². The van der Waals surface area contributed by atoms with E-state index in [1.54, 1.807) is 4.68 Å². The summed E-state index contributed by atoms with van der Waals surface area (Å²) in [5, 5.41) is 14.2. The van der Waals surface area contributed by atoms with Gasteiger partial charge in [0.05, 0.1) is 42.2 Å². The van der Waals surface area contributed by atoms with E-state index in [9.17, 15) is 23.5 Å². The van der Waals surface area contributed by atoms with Crippen molar-refractivity contribution in [2.24, 2.45) is 10.8 Å². The molecule has 1 aromatic rings. The second kappa shape index (κ2) is 9.09. The van der Waals surface area contributed by atoms with Crippen molar-refractivity contribution in [3.8, 4) is 0 Å². The molecule has 0 aliphatic heterocycles. The minimum absolute atomic E-state index is 0.108. The molecule has 0 saturated heterocycles. The molecule has 0 spiro atoms. The van der Waals surface area contributed by atoms with Crippen LogP contribution in [0.3, 0.4) is 0 Å². The number of aldehydes is 1. The van der Waals surface area contributed by atoms with E-state index in [1.807, 2.05) is 27.7 Å². The smallest absolute Gasteiger partial charge is 0.257 e. The molecule has 0 atom stereocenters. The fourth-order valence-corrected chi connectivity index (χ4v) is 4.18. The molecule has 6 nitrogen and oxygen atoms in total. The number of carbonyl (C=O) groups is 2. The van der Waals surface area contributed by atoms with Crippen molar-refractivity contribution in [1.29, 1.82) is 0 Å². The van der Waals surface area contributed by atoms with Crippen molar-refractivity contribution >= 4 is 12.2 Å². The predicted octanol–water partition coefficient (Wildman–Crippen LogP) is 4.96. The van der Waals surface area contributed by atoms with Crippen LogP contribution in [0.4, 0.5) is 8.78 Å². The standard InChI is InChI=1S/C23H35F2N3O3/c1-16(30)22(5)9-7-17(8-10-22)28-19(13-23(6,24)25)18(14-26-28)20(31)27(11-12-29)15-21(2,3)4/h12,14,17,30H,1,7-11,13,15H2,2-6H3. The number of allylic oxidation sites excluding steroid dienone is 1. The van der Waals surface area contributed by atoms with E-state index in [0.717, 1.165) is 6.92 Å². The molecule has 8 heteroatoms. The third-order valence-corrected chi connectivity index (χ3v) is 5.96. The Bertz CT molecular complexity index is 813. The Morgan fingerprint density at radius 1 is 1.35 bits per heavy atom. The lowest BCUT2D eigenvalue weighted by molar-refractivity contribution is -0.108.